The van der Waals surface area contributed by atoms with Crippen LogP contribution in [-0.2, 0) is 6.18 Å². The van der Waals surface area contributed by atoms with Crippen LogP contribution in [0.15, 0.2) is 23.1 Å². The summed E-state index contributed by atoms with van der Waals surface area (Å²) < 4.78 is 36.7. The number of alkyl halides is 3. The summed E-state index contributed by atoms with van der Waals surface area (Å²) in [6.45, 7) is -0.338. The van der Waals surface area contributed by atoms with E-state index in [1.807, 2.05) is 4.98 Å². The van der Waals surface area contributed by atoms with E-state index >= 15 is 0 Å². The monoisotopic (exact) mass is 219 g/mol. The molecule has 2 N–H and O–H groups in total. The lowest BCUT2D eigenvalue weighted by atomic mass is 10.2. The number of H-pyrrole nitrogens is 1. The van der Waals surface area contributed by atoms with Gasteiger partial charge in [0.25, 0.3) is 5.56 Å². The Hall–Kier alpha value is -1.56. The van der Waals surface area contributed by atoms with E-state index in [1.54, 1.807) is 0 Å². The first kappa shape index (κ1) is 11.5. The highest BCUT2D eigenvalue weighted by atomic mass is 19.4. The summed E-state index contributed by atoms with van der Waals surface area (Å²) in [6.07, 6.45) is -1.57. The summed E-state index contributed by atoms with van der Waals surface area (Å²) in [5.41, 5.74) is -1.70. The first-order chi connectivity index (χ1) is 6.95. The van der Waals surface area contributed by atoms with Crippen molar-refractivity contribution in [3.63, 3.8) is 0 Å². The number of hydrogen-bond acceptors (Lipinski definition) is 2. The smallest absolute Gasteiger partial charge is 0.392 e. The molecular formula is C9H8F3NO2. The van der Waals surface area contributed by atoms with Crippen molar-refractivity contribution in [2.75, 3.05) is 6.61 Å². The van der Waals surface area contributed by atoms with Gasteiger partial charge in [-0.3, -0.25) is 4.79 Å². The standard InChI is InChI=1S/C9H8F3NO2/c10-9(11,12)7-4-6(2-1-3-14)8(15)13-5-7/h1-2,4-5,14H,3H2,(H,13,15). The van der Waals surface area contributed by atoms with Gasteiger partial charge in [-0.05, 0) is 6.07 Å². The number of pyridine rings is 1. The first-order valence-electron chi connectivity index (χ1n) is 4.02. The summed E-state index contributed by atoms with van der Waals surface area (Å²) in [4.78, 5) is 13.0. The summed E-state index contributed by atoms with van der Waals surface area (Å²) in [5.74, 6) is 0. The zero-order valence-corrected chi connectivity index (χ0v) is 7.51. The first-order valence-corrected chi connectivity index (χ1v) is 4.02. The summed E-state index contributed by atoms with van der Waals surface area (Å²) in [6, 6.07) is 0.727. The Morgan fingerprint density at radius 1 is 1.47 bits per heavy atom. The fraction of sp³-hybridized carbons (Fsp3) is 0.222. The molecule has 0 amide bonds. The zero-order valence-electron chi connectivity index (χ0n) is 7.51. The third-order valence-electron chi connectivity index (χ3n) is 1.66. The molecule has 82 valence electrons. The molecule has 0 atom stereocenters. The van der Waals surface area contributed by atoms with Crippen LogP contribution in [0.25, 0.3) is 6.08 Å². The number of halogens is 3. The third kappa shape index (κ3) is 2.95. The molecule has 0 aliphatic rings. The molecule has 1 heterocycles. The van der Waals surface area contributed by atoms with Crippen LogP contribution >= 0.6 is 0 Å². The van der Waals surface area contributed by atoms with Gasteiger partial charge in [0.2, 0.25) is 0 Å². The van der Waals surface area contributed by atoms with E-state index in [-0.39, 0.29) is 12.2 Å². The van der Waals surface area contributed by atoms with Crippen molar-refractivity contribution in [2.24, 2.45) is 0 Å². The van der Waals surface area contributed by atoms with E-state index in [1.165, 1.54) is 6.08 Å². The Kier molecular flexibility index (Phi) is 3.31. The topological polar surface area (TPSA) is 53.1 Å². The Morgan fingerprint density at radius 3 is 2.67 bits per heavy atom. The molecular weight excluding hydrogens is 211 g/mol. The Morgan fingerprint density at radius 2 is 2.13 bits per heavy atom. The van der Waals surface area contributed by atoms with Gasteiger partial charge in [0.15, 0.2) is 0 Å². The molecule has 0 aromatic carbocycles. The molecule has 0 spiro atoms. The number of aromatic nitrogens is 1. The van der Waals surface area contributed by atoms with Gasteiger partial charge < -0.3 is 10.1 Å². The van der Waals surface area contributed by atoms with Crippen LogP contribution in [0, 0.1) is 0 Å². The summed E-state index contributed by atoms with van der Waals surface area (Å²) in [7, 11) is 0. The van der Waals surface area contributed by atoms with Crippen molar-refractivity contribution in [2.45, 2.75) is 6.18 Å². The van der Waals surface area contributed by atoms with Crippen LogP contribution in [0.4, 0.5) is 13.2 Å². The number of rotatable bonds is 2. The number of aromatic amines is 1. The average molecular weight is 219 g/mol. The lowest BCUT2D eigenvalue weighted by Crippen LogP contribution is -2.14. The van der Waals surface area contributed by atoms with Gasteiger partial charge in [-0.1, -0.05) is 12.2 Å². The fourth-order valence-electron chi connectivity index (χ4n) is 0.969. The molecule has 1 aromatic heterocycles. The van der Waals surface area contributed by atoms with Crippen molar-refractivity contribution in [3.05, 3.63) is 39.8 Å². The molecule has 0 aliphatic carbocycles. The molecule has 6 heteroatoms. The highest BCUT2D eigenvalue weighted by Gasteiger charge is 2.31. The molecule has 1 rings (SSSR count). The van der Waals surface area contributed by atoms with Crippen LogP contribution in [0.2, 0.25) is 0 Å². The molecule has 0 fully saturated rings. The number of aliphatic hydroxyl groups excluding tert-OH is 1. The molecule has 0 radical (unpaired) electrons. The van der Waals surface area contributed by atoms with Crippen molar-refractivity contribution < 1.29 is 18.3 Å². The zero-order chi connectivity index (χ0) is 11.5. The summed E-state index contributed by atoms with van der Waals surface area (Å²) >= 11 is 0. The van der Waals surface area contributed by atoms with Crippen LogP contribution < -0.4 is 5.56 Å². The van der Waals surface area contributed by atoms with Crippen LogP contribution in [0.3, 0.4) is 0 Å². The Bertz CT molecular complexity index is 420. The maximum atomic E-state index is 12.2. The van der Waals surface area contributed by atoms with Gasteiger partial charge >= 0.3 is 6.18 Å². The average Bonchev–Trinajstić information content (AvgIpc) is 2.15. The molecule has 0 bridgehead atoms. The van der Waals surface area contributed by atoms with E-state index in [9.17, 15) is 18.0 Å². The molecule has 3 nitrogen and oxygen atoms in total. The van der Waals surface area contributed by atoms with E-state index in [0.29, 0.717) is 6.20 Å². The van der Waals surface area contributed by atoms with Gasteiger partial charge in [0.1, 0.15) is 0 Å². The lowest BCUT2D eigenvalue weighted by Gasteiger charge is -2.05. The lowest BCUT2D eigenvalue weighted by molar-refractivity contribution is -0.137. The predicted molar refractivity (Wildman–Crippen MR) is 48.2 cm³/mol. The highest BCUT2D eigenvalue weighted by molar-refractivity contribution is 5.49. The second kappa shape index (κ2) is 4.31. The van der Waals surface area contributed by atoms with Crippen molar-refractivity contribution in [3.8, 4) is 0 Å². The Labute approximate surface area is 82.9 Å². The van der Waals surface area contributed by atoms with Gasteiger partial charge in [-0.15, -0.1) is 0 Å². The fourth-order valence-corrected chi connectivity index (χ4v) is 0.969. The van der Waals surface area contributed by atoms with Gasteiger partial charge in [0, 0.05) is 11.8 Å². The second-order valence-corrected chi connectivity index (χ2v) is 2.76. The van der Waals surface area contributed by atoms with Gasteiger partial charge in [0.05, 0.1) is 12.2 Å². The van der Waals surface area contributed by atoms with E-state index in [2.05, 4.69) is 0 Å². The minimum Gasteiger partial charge on any atom is -0.392 e. The Balaban J connectivity index is 3.17. The second-order valence-electron chi connectivity index (χ2n) is 2.76. The van der Waals surface area contributed by atoms with Crippen molar-refractivity contribution >= 4 is 6.08 Å². The number of hydrogen-bond donors (Lipinski definition) is 2. The third-order valence-corrected chi connectivity index (χ3v) is 1.66. The summed E-state index contributed by atoms with van der Waals surface area (Å²) in [5, 5.41) is 8.43. The minimum atomic E-state index is -4.49. The predicted octanol–water partition coefficient (Wildman–Crippen LogP) is 1.40. The number of aliphatic hydroxyl groups is 1. The highest BCUT2D eigenvalue weighted by Crippen LogP contribution is 2.28. The normalized spacial score (nSPS) is 12.3. The van der Waals surface area contributed by atoms with Gasteiger partial charge in [-0.2, -0.15) is 13.2 Å². The van der Waals surface area contributed by atoms with E-state index in [4.69, 9.17) is 5.11 Å². The molecule has 0 saturated carbocycles. The van der Waals surface area contributed by atoms with Crippen LogP contribution in [-0.4, -0.2) is 16.7 Å². The largest absolute Gasteiger partial charge is 0.417 e. The van der Waals surface area contributed by atoms with E-state index in [0.717, 1.165) is 12.1 Å². The molecule has 0 aliphatic heterocycles. The SMILES string of the molecule is O=c1[nH]cc(C(F)(F)F)cc1C=CCO. The van der Waals surface area contributed by atoms with Crippen LogP contribution in [0.1, 0.15) is 11.1 Å². The van der Waals surface area contributed by atoms with E-state index < -0.39 is 17.3 Å². The number of nitrogens with one attached hydrogen (secondary N) is 1. The maximum Gasteiger partial charge on any atom is 0.417 e. The van der Waals surface area contributed by atoms with Crippen LogP contribution in [0.5, 0.6) is 0 Å². The quantitative estimate of drug-likeness (QED) is 0.789. The molecule has 15 heavy (non-hydrogen) atoms. The van der Waals surface area contributed by atoms with Crippen molar-refractivity contribution in [1.29, 1.82) is 0 Å². The van der Waals surface area contributed by atoms with Crippen molar-refractivity contribution in [1.82, 2.24) is 4.98 Å². The molecule has 1 aromatic rings. The minimum absolute atomic E-state index is 0.140. The molecule has 0 unspecified atom stereocenters. The maximum absolute atomic E-state index is 12.2. The van der Waals surface area contributed by atoms with Gasteiger partial charge in [-0.25, -0.2) is 0 Å². The molecule has 0 saturated heterocycles.